The van der Waals surface area contributed by atoms with E-state index in [4.69, 9.17) is 0 Å². The van der Waals surface area contributed by atoms with Gasteiger partial charge in [0.1, 0.15) is 0 Å². The summed E-state index contributed by atoms with van der Waals surface area (Å²) in [5.74, 6) is 0. The van der Waals surface area contributed by atoms with Crippen molar-refractivity contribution in [1.82, 2.24) is 0 Å². The zero-order valence-electron chi connectivity index (χ0n) is 13.0. The standard InChI is InChI=1S/C22H19P/c1-3-18-10-14-21(15-11-18)23(20-8-6-5-7-9-20)22-16-12-19(4-2)13-17-22/h3-17H,1-2H2. The van der Waals surface area contributed by atoms with Crippen molar-refractivity contribution in [1.29, 1.82) is 0 Å². The van der Waals surface area contributed by atoms with Crippen molar-refractivity contribution in [2.45, 2.75) is 0 Å². The molecular formula is C22H19P. The van der Waals surface area contributed by atoms with Crippen LogP contribution in [-0.2, 0) is 0 Å². The Hall–Kier alpha value is -2.43. The Balaban J connectivity index is 2.08. The van der Waals surface area contributed by atoms with Crippen LogP contribution < -0.4 is 15.9 Å². The van der Waals surface area contributed by atoms with E-state index in [0.717, 1.165) is 11.1 Å². The predicted molar refractivity (Wildman–Crippen MR) is 105 cm³/mol. The summed E-state index contributed by atoms with van der Waals surface area (Å²) in [5, 5.41) is 4.06. The van der Waals surface area contributed by atoms with Crippen molar-refractivity contribution in [2.75, 3.05) is 0 Å². The van der Waals surface area contributed by atoms with Gasteiger partial charge in [-0.3, -0.25) is 0 Å². The van der Waals surface area contributed by atoms with Crippen molar-refractivity contribution in [2.24, 2.45) is 0 Å². The fraction of sp³-hybridized carbons (Fsp3) is 0. The third kappa shape index (κ3) is 3.50. The zero-order chi connectivity index (χ0) is 16.1. The van der Waals surface area contributed by atoms with Crippen LogP contribution in [0.2, 0.25) is 0 Å². The Kier molecular flexibility index (Phi) is 4.86. The minimum absolute atomic E-state index is 0.549. The molecule has 3 rings (SSSR count). The molecule has 0 aromatic heterocycles. The Morgan fingerprint density at radius 1 is 0.522 bits per heavy atom. The summed E-state index contributed by atoms with van der Waals surface area (Å²) in [6.07, 6.45) is 3.76. The first-order chi connectivity index (χ1) is 11.3. The Bertz CT molecular complexity index is 732. The van der Waals surface area contributed by atoms with Crippen molar-refractivity contribution in [3.05, 3.63) is 103 Å². The van der Waals surface area contributed by atoms with Crippen LogP contribution >= 0.6 is 7.92 Å². The maximum atomic E-state index is 3.84. The third-order valence-corrected chi connectivity index (χ3v) is 6.23. The summed E-state index contributed by atoms with van der Waals surface area (Å²) in [4.78, 5) is 0. The molecule has 0 N–H and O–H groups in total. The first kappa shape index (κ1) is 15.5. The van der Waals surface area contributed by atoms with Crippen LogP contribution in [0.1, 0.15) is 11.1 Å². The molecule has 0 atom stereocenters. The number of benzene rings is 3. The lowest BCUT2D eigenvalue weighted by molar-refractivity contribution is 1.69. The zero-order valence-corrected chi connectivity index (χ0v) is 13.9. The van der Waals surface area contributed by atoms with Crippen LogP contribution in [0.25, 0.3) is 12.2 Å². The molecule has 0 fully saturated rings. The van der Waals surface area contributed by atoms with E-state index in [0.29, 0.717) is 0 Å². The molecule has 3 aromatic rings. The summed E-state index contributed by atoms with van der Waals surface area (Å²) in [7, 11) is -0.549. The van der Waals surface area contributed by atoms with Gasteiger partial charge in [-0.15, -0.1) is 0 Å². The predicted octanol–water partition coefficient (Wildman–Crippen LogP) is 4.73. The molecule has 0 aliphatic carbocycles. The van der Waals surface area contributed by atoms with Gasteiger partial charge in [-0.25, -0.2) is 0 Å². The topological polar surface area (TPSA) is 0 Å². The average molecular weight is 314 g/mol. The van der Waals surface area contributed by atoms with Crippen molar-refractivity contribution in [3.8, 4) is 0 Å². The minimum atomic E-state index is -0.549. The van der Waals surface area contributed by atoms with E-state index in [-0.39, 0.29) is 0 Å². The number of rotatable bonds is 5. The van der Waals surface area contributed by atoms with E-state index in [2.05, 4.69) is 92.0 Å². The SMILES string of the molecule is C=Cc1ccc(P(c2ccccc2)c2ccc(C=C)cc2)cc1. The van der Waals surface area contributed by atoms with E-state index in [1.165, 1.54) is 15.9 Å². The quantitative estimate of drug-likeness (QED) is 0.597. The molecule has 0 radical (unpaired) electrons. The summed E-state index contributed by atoms with van der Waals surface area (Å²) in [6.45, 7) is 7.67. The first-order valence-corrected chi connectivity index (χ1v) is 8.96. The highest BCUT2D eigenvalue weighted by atomic mass is 31.1. The molecule has 0 bridgehead atoms. The highest BCUT2D eigenvalue weighted by Crippen LogP contribution is 2.32. The van der Waals surface area contributed by atoms with Gasteiger partial charge in [-0.2, -0.15) is 0 Å². The van der Waals surface area contributed by atoms with Gasteiger partial charge in [-0.1, -0.05) is 104 Å². The molecule has 112 valence electrons. The van der Waals surface area contributed by atoms with Gasteiger partial charge in [0.2, 0.25) is 0 Å². The second-order valence-electron chi connectivity index (χ2n) is 5.26. The summed E-state index contributed by atoms with van der Waals surface area (Å²) in [6, 6.07) is 28.2. The summed E-state index contributed by atoms with van der Waals surface area (Å²) >= 11 is 0. The van der Waals surface area contributed by atoms with Gasteiger partial charge in [0, 0.05) is 0 Å². The first-order valence-electron chi connectivity index (χ1n) is 7.62. The van der Waals surface area contributed by atoms with Crippen LogP contribution in [0.3, 0.4) is 0 Å². The monoisotopic (exact) mass is 314 g/mol. The van der Waals surface area contributed by atoms with Gasteiger partial charge in [0.15, 0.2) is 0 Å². The molecular weight excluding hydrogens is 295 g/mol. The third-order valence-electron chi connectivity index (χ3n) is 3.79. The van der Waals surface area contributed by atoms with Gasteiger partial charge in [0.25, 0.3) is 0 Å². The Morgan fingerprint density at radius 2 is 0.913 bits per heavy atom. The minimum Gasteiger partial charge on any atom is -0.0985 e. The molecule has 0 spiro atoms. The highest BCUT2D eigenvalue weighted by molar-refractivity contribution is 7.79. The lowest BCUT2D eigenvalue weighted by atomic mass is 10.2. The van der Waals surface area contributed by atoms with E-state index in [1.807, 2.05) is 12.2 Å². The number of hydrogen-bond donors (Lipinski definition) is 0. The maximum absolute atomic E-state index is 3.84. The van der Waals surface area contributed by atoms with Gasteiger partial charge in [-0.05, 0) is 35.0 Å². The largest absolute Gasteiger partial charge is 0.0985 e. The fourth-order valence-corrected chi connectivity index (χ4v) is 4.80. The maximum Gasteiger partial charge on any atom is -0.0134 e. The molecule has 1 heteroatoms. The summed E-state index contributed by atoms with van der Waals surface area (Å²) < 4.78 is 0. The molecule has 3 aromatic carbocycles. The Labute approximate surface area is 139 Å². The van der Waals surface area contributed by atoms with Crippen LogP contribution in [0.15, 0.2) is 92.0 Å². The molecule has 0 saturated carbocycles. The fourth-order valence-electron chi connectivity index (χ4n) is 2.54. The van der Waals surface area contributed by atoms with E-state index in [1.54, 1.807) is 0 Å². The second kappa shape index (κ2) is 7.22. The lowest BCUT2D eigenvalue weighted by Gasteiger charge is -2.19. The smallest absolute Gasteiger partial charge is 0.0134 e. The average Bonchev–Trinajstić information content (AvgIpc) is 2.64. The normalized spacial score (nSPS) is 10.5. The Morgan fingerprint density at radius 3 is 1.30 bits per heavy atom. The van der Waals surface area contributed by atoms with Gasteiger partial charge in [0.05, 0.1) is 0 Å². The van der Waals surface area contributed by atoms with Crippen LogP contribution in [0, 0.1) is 0 Å². The molecule has 0 amide bonds. The highest BCUT2D eigenvalue weighted by Gasteiger charge is 2.15. The number of hydrogen-bond acceptors (Lipinski definition) is 0. The lowest BCUT2D eigenvalue weighted by Crippen LogP contribution is -2.20. The van der Waals surface area contributed by atoms with Crippen molar-refractivity contribution in [3.63, 3.8) is 0 Å². The molecule has 0 unspecified atom stereocenters. The van der Waals surface area contributed by atoms with Gasteiger partial charge < -0.3 is 0 Å². The van der Waals surface area contributed by atoms with Crippen LogP contribution in [0.4, 0.5) is 0 Å². The van der Waals surface area contributed by atoms with E-state index >= 15 is 0 Å². The molecule has 0 aliphatic heterocycles. The second-order valence-corrected chi connectivity index (χ2v) is 7.48. The molecule has 0 saturated heterocycles. The summed E-state index contributed by atoms with van der Waals surface area (Å²) in [5.41, 5.74) is 2.30. The molecule has 0 nitrogen and oxygen atoms in total. The van der Waals surface area contributed by atoms with Crippen molar-refractivity contribution >= 4 is 36.0 Å². The van der Waals surface area contributed by atoms with Crippen LogP contribution in [0.5, 0.6) is 0 Å². The molecule has 0 heterocycles. The van der Waals surface area contributed by atoms with E-state index in [9.17, 15) is 0 Å². The van der Waals surface area contributed by atoms with Gasteiger partial charge >= 0.3 is 0 Å². The van der Waals surface area contributed by atoms with Crippen molar-refractivity contribution < 1.29 is 0 Å². The molecule has 0 aliphatic rings. The van der Waals surface area contributed by atoms with E-state index < -0.39 is 7.92 Å². The van der Waals surface area contributed by atoms with Crippen LogP contribution in [-0.4, -0.2) is 0 Å². The molecule has 23 heavy (non-hydrogen) atoms.